The second-order valence-electron chi connectivity index (χ2n) is 6.93. The number of aryl methyl sites for hydroxylation is 2. The van der Waals surface area contributed by atoms with Crippen LogP contribution in [0.3, 0.4) is 0 Å². The minimum Gasteiger partial charge on any atom is -0.365 e. The minimum absolute atomic E-state index is 0.0339. The van der Waals surface area contributed by atoms with E-state index in [1.165, 1.54) is 30.2 Å². The molecule has 0 aliphatic rings. The standard InChI is InChI=1S/C19H16ClF2N7O2S/c1-7-9(5-24-28(7)2)8-4-11(16(21)22)26-19-12(8)13(15(32-19)17(23)30)27-18(31)14-10(20)6-25-29(14)3/h4-6,16H,1-3H3,(H2,23,30)(H,27,31). The average Bonchev–Trinajstić information content (AvgIpc) is 3.37. The Labute approximate surface area is 188 Å². The molecule has 166 valence electrons. The van der Waals surface area contributed by atoms with Crippen LogP contribution in [0.2, 0.25) is 5.02 Å². The van der Waals surface area contributed by atoms with Crippen molar-refractivity contribution in [3.63, 3.8) is 0 Å². The lowest BCUT2D eigenvalue weighted by Gasteiger charge is -2.11. The summed E-state index contributed by atoms with van der Waals surface area (Å²) in [6.07, 6.45) is -0.0247. The molecule has 0 aliphatic heterocycles. The third-order valence-corrected chi connectivity index (χ3v) is 6.38. The first kappa shape index (κ1) is 21.8. The maximum Gasteiger partial charge on any atom is 0.280 e. The third kappa shape index (κ3) is 3.50. The van der Waals surface area contributed by atoms with Crippen molar-refractivity contribution in [2.24, 2.45) is 19.8 Å². The Kier molecular flexibility index (Phi) is 5.42. The Hall–Kier alpha value is -3.38. The van der Waals surface area contributed by atoms with Gasteiger partial charge in [-0.3, -0.25) is 19.0 Å². The second kappa shape index (κ2) is 7.95. The van der Waals surface area contributed by atoms with E-state index >= 15 is 0 Å². The number of nitrogens with zero attached hydrogens (tertiary/aromatic N) is 5. The molecule has 0 saturated heterocycles. The van der Waals surface area contributed by atoms with Crippen LogP contribution in [0.5, 0.6) is 0 Å². The third-order valence-electron chi connectivity index (χ3n) is 5.00. The molecule has 3 N–H and O–H groups in total. The Balaban J connectivity index is 2.01. The summed E-state index contributed by atoms with van der Waals surface area (Å²) < 4.78 is 30.0. The van der Waals surface area contributed by atoms with E-state index in [-0.39, 0.29) is 26.1 Å². The molecule has 4 rings (SSSR count). The summed E-state index contributed by atoms with van der Waals surface area (Å²) in [6, 6.07) is 1.22. The lowest BCUT2D eigenvalue weighted by atomic mass is 10.0. The summed E-state index contributed by atoms with van der Waals surface area (Å²) in [5.74, 6) is -1.49. The van der Waals surface area contributed by atoms with Crippen molar-refractivity contribution in [3.05, 3.63) is 45.4 Å². The number of carbonyl (C=O) groups is 2. The molecule has 4 aromatic heterocycles. The highest BCUT2D eigenvalue weighted by Crippen LogP contribution is 2.43. The molecule has 0 fully saturated rings. The first-order valence-electron chi connectivity index (χ1n) is 9.13. The summed E-state index contributed by atoms with van der Waals surface area (Å²) in [6.45, 7) is 1.77. The van der Waals surface area contributed by atoms with Gasteiger partial charge in [0.05, 0.1) is 23.1 Å². The van der Waals surface area contributed by atoms with Gasteiger partial charge in [0.2, 0.25) is 0 Å². The maximum absolute atomic E-state index is 13.6. The number of nitrogens with one attached hydrogen (secondary N) is 1. The molecule has 2 amide bonds. The van der Waals surface area contributed by atoms with E-state index in [1.54, 1.807) is 18.7 Å². The summed E-state index contributed by atoms with van der Waals surface area (Å²) in [7, 11) is 3.24. The van der Waals surface area contributed by atoms with Gasteiger partial charge < -0.3 is 11.1 Å². The Morgan fingerprint density at radius 3 is 2.41 bits per heavy atom. The molecular weight excluding hydrogens is 464 g/mol. The highest BCUT2D eigenvalue weighted by atomic mass is 35.5. The van der Waals surface area contributed by atoms with E-state index in [0.29, 0.717) is 22.2 Å². The van der Waals surface area contributed by atoms with E-state index in [1.807, 2.05) is 0 Å². The number of hydrogen-bond donors (Lipinski definition) is 2. The molecular formula is C19H16ClF2N7O2S. The summed E-state index contributed by atoms with van der Waals surface area (Å²) in [5.41, 5.74) is 6.76. The van der Waals surface area contributed by atoms with Crippen LogP contribution < -0.4 is 11.1 Å². The molecule has 4 aromatic rings. The fourth-order valence-electron chi connectivity index (χ4n) is 3.34. The largest absolute Gasteiger partial charge is 0.365 e. The van der Waals surface area contributed by atoms with Crippen LogP contribution in [0.15, 0.2) is 18.5 Å². The van der Waals surface area contributed by atoms with Gasteiger partial charge in [0, 0.05) is 30.7 Å². The van der Waals surface area contributed by atoms with Crippen LogP contribution in [-0.2, 0) is 14.1 Å². The number of nitrogens with two attached hydrogens (primary N) is 1. The van der Waals surface area contributed by atoms with Crippen molar-refractivity contribution < 1.29 is 18.4 Å². The van der Waals surface area contributed by atoms with Crippen molar-refractivity contribution in [1.82, 2.24) is 24.5 Å². The first-order valence-corrected chi connectivity index (χ1v) is 10.3. The highest BCUT2D eigenvalue weighted by Gasteiger charge is 2.27. The molecule has 9 nitrogen and oxygen atoms in total. The molecule has 0 aliphatic carbocycles. The number of alkyl halides is 2. The molecule has 0 aromatic carbocycles. The molecule has 0 bridgehead atoms. The fraction of sp³-hybridized carbons (Fsp3) is 0.211. The molecule has 4 heterocycles. The molecule has 0 unspecified atom stereocenters. The number of anilines is 1. The number of thiophene rings is 1. The van der Waals surface area contributed by atoms with Crippen molar-refractivity contribution >= 4 is 50.7 Å². The lowest BCUT2D eigenvalue weighted by Crippen LogP contribution is -2.19. The number of hydrogen-bond acceptors (Lipinski definition) is 6. The number of aromatic nitrogens is 5. The van der Waals surface area contributed by atoms with Crippen LogP contribution in [0.1, 0.15) is 38.0 Å². The average molecular weight is 480 g/mol. The highest BCUT2D eigenvalue weighted by molar-refractivity contribution is 7.21. The van der Waals surface area contributed by atoms with Crippen LogP contribution in [0.25, 0.3) is 21.3 Å². The van der Waals surface area contributed by atoms with Gasteiger partial charge in [-0.2, -0.15) is 10.2 Å². The number of primary amides is 1. The van der Waals surface area contributed by atoms with Crippen molar-refractivity contribution in [2.45, 2.75) is 13.3 Å². The van der Waals surface area contributed by atoms with Crippen LogP contribution in [0, 0.1) is 6.92 Å². The van der Waals surface area contributed by atoms with E-state index in [2.05, 4.69) is 20.5 Å². The van der Waals surface area contributed by atoms with Gasteiger partial charge in [-0.1, -0.05) is 11.6 Å². The van der Waals surface area contributed by atoms with Crippen molar-refractivity contribution in [1.29, 1.82) is 0 Å². The lowest BCUT2D eigenvalue weighted by molar-refractivity contribution is 0.100. The van der Waals surface area contributed by atoms with Gasteiger partial charge >= 0.3 is 0 Å². The maximum atomic E-state index is 13.6. The molecule has 0 spiro atoms. The SMILES string of the molecule is Cc1c(-c2cc(C(F)F)nc3sc(C(N)=O)c(NC(=O)c4c(Cl)cnn4C)c23)cnn1C. The van der Waals surface area contributed by atoms with Gasteiger partial charge in [0.25, 0.3) is 18.2 Å². The van der Waals surface area contributed by atoms with Crippen LogP contribution >= 0.6 is 22.9 Å². The van der Waals surface area contributed by atoms with Gasteiger partial charge in [-0.25, -0.2) is 13.8 Å². The molecule has 13 heteroatoms. The van der Waals surface area contributed by atoms with Crippen LogP contribution in [-0.4, -0.2) is 36.4 Å². The Bertz CT molecular complexity index is 1370. The van der Waals surface area contributed by atoms with Crippen molar-refractivity contribution in [3.8, 4) is 11.1 Å². The normalized spacial score (nSPS) is 11.5. The number of fused-ring (bicyclic) bond motifs is 1. The first-order chi connectivity index (χ1) is 15.1. The van der Waals surface area contributed by atoms with Gasteiger partial charge in [-0.05, 0) is 18.6 Å². The molecule has 0 atom stereocenters. The van der Waals surface area contributed by atoms with Crippen molar-refractivity contribution in [2.75, 3.05) is 5.32 Å². The smallest absolute Gasteiger partial charge is 0.280 e. The number of carbonyl (C=O) groups excluding carboxylic acids is 2. The number of halogens is 3. The zero-order valence-electron chi connectivity index (χ0n) is 17.0. The molecule has 0 saturated carbocycles. The molecule has 0 radical (unpaired) electrons. The monoisotopic (exact) mass is 479 g/mol. The minimum atomic E-state index is -2.85. The van der Waals surface area contributed by atoms with Gasteiger partial charge in [0.15, 0.2) is 0 Å². The number of rotatable bonds is 5. The summed E-state index contributed by atoms with van der Waals surface area (Å²) >= 11 is 6.88. The van der Waals surface area contributed by atoms with E-state index < -0.39 is 23.9 Å². The molecule has 32 heavy (non-hydrogen) atoms. The van der Waals surface area contributed by atoms with E-state index in [4.69, 9.17) is 17.3 Å². The topological polar surface area (TPSA) is 121 Å². The predicted octanol–water partition coefficient (Wildman–Crippen LogP) is 3.68. The number of amides is 2. The fourth-order valence-corrected chi connectivity index (χ4v) is 4.60. The second-order valence-corrected chi connectivity index (χ2v) is 8.34. The van der Waals surface area contributed by atoms with E-state index in [9.17, 15) is 18.4 Å². The Morgan fingerprint density at radius 1 is 1.19 bits per heavy atom. The zero-order chi connectivity index (χ0) is 23.3. The summed E-state index contributed by atoms with van der Waals surface area (Å²) in [4.78, 5) is 29.2. The quantitative estimate of drug-likeness (QED) is 0.452. The van der Waals surface area contributed by atoms with Crippen LogP contribution in [0.4, 0.5) is 14.5 Å². The Morgan fingerprint density at radius 2 is 1.88 bits per heavy atom. The zero-order valence-corrected chi connectivity index (χ0v) is 18.6. The summed E-state index contributed by atoms with van der Waals surface area (Å²) in [5, 5.41) is 11.2. The van der Waals surface area contributed by atoms with Gasteiger partial charge in [-0.15, -0.1) is 11.3 Å². The predicted molar refractivity (Wildman–Crippen MR) is 116 cm³/mol. The van der Waals surface area contributed by atoms with Gasteiger partial charge in [0.1, 0.15) is 21.1 Å². The van der Waals surface area contributed by atoms with E-state index in [0.717, 1.165) is 11.3 Å². The number of pyridine rings is 1.